The molecule has 0 spiro atoms. The number of benzene rings is 1. The van der Waals surface area contributed by atoms with E-state index in [9.17, 15) is 8.42 Å². The van der Waals surface area contributed by atoms with Crippen molar-refractivity contribution in [2.75, 3.05) is 6.54 Å². The van der Waals surface area contributed by atoms with Crippen molar-refractivity contribution in [2.45, 2.75) is 50.0 Å². The van der Waals surface area contributed by atoms with E-state index in [4.69, 9.17) is 18.0 Å². The average molecular weight is 326 g/mol. The number of nitrogens with two attached hydrogens (primary N) is 1. The molecule has 0 aromatic heterocycles. The van der Waals surface area contributed by atoms with Crippen LogP contribution in [-0.2, 0) is 10.0 Å². The summed E-state index contributed by atoms with van der Waals surface area (Å²) >= 11 is 4.89. The second-order valence-electron chi connectivity index (χ2n) is 5.39. The van der Waals surface area contributed by atoms with Crippen LogP contribution in [0.15, 0.2) is 29.2 Å². The molecule has 4 nitrogen and oxygen atoms in total. The van der Waals surface area contributed by atoms with Crippen LogP contribution in [0.4, 0.5) is 0 Å². The molecule has 1 saturated carbocycles. The van der Waals surface area contributed by atoms with Crippen molar-refractivity contribution in [3.05, 3.63) is 29.8 Å². The van der Waals surface area contributed by atoms with Crippen molar-refractivity contribution in [3.8, 4) is 0 Å². The Hall–Kier alpha value is -0.980. The van der Waals surface area contributed by atoms with Crippen molar-refractivity contribution >= 4 is 27.2 Å². The lowest BCUT2D eigenvalue weighted by Crippen LogP contribution is -2.41. The highest BCUT2D eigenvalue weighted by Crippen LogP contribution is 2.27. The maximum atomic E-state index is 12.8. The molecule has 0 unspecified atom stereocenters. The topological polar surface area (TPSA) is 63.4 Å². The third kappa shape index (κ3) is 3.62. The second-order valence-corrected chi connectivity index (χ2v) is 7.72. The third-order valence-corrected chi connectivity index (χ3v) is 6.32. The van der Waals surface area contributed by atoms with Gasteiger partial charge in [-0.15, -0.1) is 0 Å². The molecule has 0 aliphatic heterocycles. The Balaban J connectivity index is 2.27. The molecule has 21 heavy (non-hydrogen) atoms. The second kappa shape index (κ2) is 6.85. The van der Waals surface area contributed by atoms with Crippen LogP contribution >= 0.6 is 12.2 Å². The van der Waals surface area contributed by atoms with Crippen LogP contribution in [0.1, 0.15) is 44.6 Å². The van der Waals surface area contributed by atoms with E-state index in [0.717, 1.165) is 25.7 Å². The number of thiocarbonyl (C=S) groups is 1. The largest absolute Gasteiger partial charge is 0.389 e. The highest BCUT2D eigenvalue weighted by Gasteiger charge is 2.30. The van der Waals surface area contributed by atoms with Crippen molar-refractivity contribution in [1.29, 1.82) is 0 Å². The lowest BCUT2D eigenvalue weighted by Gasteiger charge is -2.32. The van der Waals surface area contributed by atoms with Crippen molar-refractivity contribution in [1.82, 2.24) is 4.31 Å². The fraction of sp³-hybridized carbons (Fsp3) is 0.533. The maximum absolute atomic E-state index is 12.8. The van der Waals surface area contributed by atoms with Crippen LogP contribution in [0.5, 0.6) is 0 Å². The van der Waals surface area contributed by atoms with Gasteiger partial charge in [0, 0.05) is 18.2 Å². The highest BCUT2D eigenvalue weighted by molar-refractivity contribution is 7.89. The molecule has 1 aliphatic carbocycles. The number of hydrogen-bond acceptors (Lipinski definition) is 3. The molecule has 2 N–H and O–H groups in total. The standard InChI is InChI=1S/C15H22N2O2S2/c1-2-17(13-6-4-3-5-7-13)21(18,19)14-10-8-12(9-11-14)15(16)20/h8-11,13H,2-7H2,1H3,(H2,16,20). The van der Waals surface area contributed by atoms with E-state index in [2.05, 4.69) is 0 Å². The number of sulfonamides is 1. The molecule has 0 atom stereocenters. The molecule has 1 aromatic rings. The van der Waals surface area contributed by atoms with Crippen LogP contribution in [0, 0.1) is 0 Å². The molecular weight excluding hydrogens is 304 g/mol. The van der Waals surface area contributed by atoms with Gasteiger partial charge >= 0.3 is 0 Å². The maximum Gasteiger partial charge on any atom is 0.243 e. The van der Waals surface area contributed by atoms with E-state index < -0.39 is 10.0 Å². The molecule has 116 valence electrons. The summed E-state index contributed by atoms with van der Waals surface area (Å²) in [5.74, 6) is 0. The monoisotopic (exact) mass is 326 g/mol. The number of rotatable bonds is 5. The molecule has 1 fully saturated rings. The summed E-state index contributed by atoms with van der Waals surface area (Å²) in [5, 5.41) is 0. The summed E-state index contributed by atoms with van der Waals surface area (Å²) in [6.07, 6.45) is 5.33. The van der Waals surface area contributed by atoms with Gasteiger partial charge in [0.2, 0.25) is 10.0 Å². The predicted molar refractivity (Wildman–Crippen MR) is 88.8 cm³/mol. The van der Waals surface area contributed by atoms with Gasteiger partial charge in [-0.2, -0.15) is 4.31 Å². The van der Waals surface area contributed by atoms with Gasteiger partial charge in [0.1, 0.15) is 4.99 Å². The number of hydrogen-bond donors (Lipinski definition) is 1. The highest BCUT2D eigenvalue weighted by atomic mass is 32.2. The van der Waals surface area contributed by atoms with Gasteiger partial charge in [-0.25, -0.2) is 8.42 Å². The van der Waals surface area contributed by atoms with Gasteiger partial charge in [-0.05, 0) is 25.0 Å². The fourth-order valence-corrected chi connectivity index (χ4v) is 4.75. The lowest BCUT2D eigenvalue weighted by atomic mass is 9.95. The Labute approximate surface area is 132 Å². The number of nitrogens with zero attached hydrogens (tertiary/aromatic N) is 1. The summed E-state index contributed by atoms with van der Waals surface area (Å²) in [4.78, 5) is 0.591. The van der Waals surface area contributed by atoms with Crippen molar-refractivity contribution < 1.29 is 8.42 Å². The van der Waals surface area contributed by atoms with Gasteiger partial charge in [0.25, 0.3) is 0 Å². The van der Waals surface area contributed by atoms with Crippen LogP contribution in [-0.4, -0.2) is 30.3 Å². The van der Waals surface area contributed by atoms with E-state index in [0.29, 0.717) is 17.0 Å². The molecule has 1 aromatic carbocycles. The van der Waals surface area contributed by atoms with Gasteiger partial charge < -0.3 is 5.73 Å². The van der Waals surface area contributed by atoms with E-state index in [1.54, 1.807) is 28.6 Å². The zero-order valence-corrected chi connectivity index (χ0v) is 13.9. The summed E-state index contributed by atoms with van der Waals surface area (Å²) in [6.45, 7) is 2.40. The molecule has 1 aliphatic rings. The average Bonchev–Trinajstić information content (AvgIpc) is 2.49. The van der Waals surface area contributed by atoms with Gasteiger partial charge in [0.15, 0.2) is 0 Å². The van der Waals surface area contributed by atoms with Crippen LogP contribution in [0.3, 0.4) is 0 Å². The Bertz CT molecular complexity index is 591. The molecule has 2 rings (SSSR count). The Morgan fingerprint density at radius 1 is 1.24 bits per heavy atom. The van der Waals surface area contributed by atoms with Gasteiger partial charge in [-0.1, -0.05) is 50.5 Å². The summed E-state index contributed by atoms with van der Waals surface area (Å²) in [5.41, 5.74) is 6.23. The first kappa shape index (κ1) is 16.4. The minimum absolute atomic E-state index is 0.129. The Kier molecular flexibility index (Phi) is 5.35. The van der Waals surface area contributed by atoms with Crippen molar-refractivity contribution in [3.63, 3.8) is 0 Å². The predicted octanol–water partition coefficient (Wildman–Crippen LogP) is 2.66. The Morgan fingerprint density at radius 3 is 2.29 bits per heavy atom. The molecule has 0 heterocycles. The smallest absolute Gasteiger partial charge is 0.243 e. The SMILES string of the molecule is CCN(C1CCCCC1)S(=O)(=O)c1ccc(C(N)=S)cc1. The van der Waals surface area contributed by atoms with E-state index in [-0.39, 0.29) is 11.0 Å². The minimum atomic E-state index is -3.44. The molecule has 0 bridgehead atoms. The Morgan fingerprint density at radius 2 is 1.81 bits per heavy atom. The van der Waals surface area contributed by atoms with Crippen LogP contribution < -0.4 is 5.73 Å². The molecule has 0 amide bonds. The summed E-state index contributed by atoms with van der Waals surface area (Å²) in [7, 11) is -3.44. The lowest BCUT2D eigenvalue weighted by molar-refractivity contribution is 0.261. The van der Waals surface area contributed by atoms with E-state index >= 15 is 0 Å². The van der Waals surface area contributed by atoms with E-state index in [1.807, 2.05) is 6.92 Å². The van der Waals surface area contributed by atoms with Crippen molar-refractivity contribution in [2.24, 2.45) is 5.73 Å². The third-order valence-electron chi connectivity index (χ3n) is 4.04. The van der Waals surface area contributed by atoms with Crippen LogP contribution in [0.25, 0.3) is 0 Å². The summed E-state index contributed by atoms with van der Waals surface area (Å²) < 4.78 is 27.3. The first-order valence-electron chi connectivity index (χ1n) is 7.38. The molecule has 6 heteroatoms. The fourth-order valence-electron chi connectivity index (χ4n) is 2.92. The van der Waals surface area contributed by atoms with Gasteiger partial charge in [0.05, 0.1) is 4.90 Å². The first-order valence-corrected chi connectivity index (χ1v) is 9.23. The first-order chi connectivity index (χ1) is 9.96. The van der Waals surface area contributed by atoms with E-state index in [1.165, 1.54) is 6.42 Å². The molecule has 0 saturated heterocycles. The van der Waals surface area contributed by atoms with Gasteiger partial charge in [-0.3, -0.25) is 0 Å². The van der Waals surface area contributed by atoms with Crippen LogP contribution in [0.2, 0.25) is 0 Å². The molecular formula is C15H22N2O2S2. The molecule has 0 radical (unpaired) electrons. The summed E-state index contributed by atoms with van der Waals surface area (Å²) in [6, 6.07) is 6.65. The normalized spacial score (nSPS) is 17.0. The quantitative estimate of drug-likeness (QED) is 0.845. The minimum Gasteiger partial charge on any atom is -0.389 e. The zero-order chi connectivity index (χ0) is 15.5. The zero-order valence-electron chi connectivity index (χ0n) is 12.3.